The van der Waals surface area contributed by atoms with Crippen molar-refractivity contribution in [3.05, 3.63) is 65.2 Å². The first-order chi connectivity index (χ1) is 15.6. The summed E-state index contributed by atoms with van der Waals surface area (Å²) in [6.45, 7) is 22.4. The number of hydrogen-bond donors (Lipinski definition) is 0. The highest BCUT2D eigenvalue weighted by Crippen LogP contribution is 2.41. The van der Waals surface area contributed by atoms with Crippen LogP contribution in [0.15, 0.2) is 43.0 Å². The molecule has 33 heavy (non-hydrogen) atoms. The molecule has 0 aromatic heterocycles. The van der Waals surface area contributed by atoms with E-state index in [1.165, 1.54) is 5.56 Å². The van der Waals surface area contributed by atoms with Crippen molar-refractivity contribution in [2.75, 3.05) is 26.4 Å². The Kier molecular flexibility index (Phi) is 10.00. The molecular weight excluding hydrogens is 412 g/mol. The number of hydrogen-bond acceptors (Lipinski definition) is 4. The summed E-state index contributed by atoms with van der Waals surface area (Å²) in [5.41, 5.74) is 4.57. The molecule has 0 heterocycles. The van der Waals surface area contributed by atoms with Crippen molar-refractivity contribution in [3.63, 3.8) is 0 Å². The monoisotopic (exact) mass is 454 g/mol. The highest BCUT2D eigenvalue weighted by atomic mass is 16.5. The molecule has 2 aromatic carbocycles. The van der Waals surface area contributed by atoms with E-state index in [0.717, 1.165) is 28.2 Å². The molecule has 0 aliphatic heterocycles. The van der Waals surface area contributed by atoms with Gasteiger partial charge in [0.25, 0.3) is 0 Å². The van der Waals surface area contributed by atoms with E-state index in [2.05, 4.69) is 65.5 Å². The van der Waals surface area contributed by atoms with Gasteiger partial charge in [0.2, 0.25) is 0 Å². The van der Waals surface area contributed by atoms with Gasteiger partial charge >= 0.3 is 0 Å². The fourth-order valence-electron chi connectivity index (χ4n) is 3.43. The maximum absolute atomic E-state index is 6.19. The van der Waals surface area contributed by atoms with Crippen molar-refractivity contribution in [1.29, 1.82) is 0 Å². The Labute approximate surface area is 200 Å². The summed E-state index contributed by atoms with van der Waals surface area (Å²) in [5.74, 6) is 1.66. The molecule has 0 aliphatic carbocycles. The van der Waals surface area contributed by atoms with Crippen LogP contribution in [0.4, 0.5) is 0 Å². The van der Waals surface area contributed by atoms with Gasteiger partial charge < -0.3 is 18.9 Å². The lowest BCUT2D eigenvalue weighted by atomic mass is 9.65. The van der Waals surface area contributed by atoms with Gasteiger partial charge in [0.1, 0.15) is 24.7 Å². The maximum atomic E-state index is 6.19. The zero-order valence-electron chi connectivity index (χ0n) is 21.6. The molecule has 0 unspecified atom stereocenters. The first-order valence-electron chi connectivity index (χ1n) is 11.9. The predicted octanol–water partition coefficient (Wildman–Crippen LogP) is 7.18. The molecule has 0 saturated carbocycles. The van der Waals surface area contributed by atoms with E-state index in [-0.39, 0.29) is 10.8 Å². The zero-order valence-corrected chi connectivity index (χ0v) is 21.6. The summed E-state index contributed by atoms with van der Waals surface area (Å²) in [6.07, 6.45) is 1.84. The van der Waals surface area contributed by atoms with Crippen LogP contribution >= 0.6 is 0 Å². The molecule has 0 spiro atoms. The number of benzene rings is 2. The fraction of sp³-hybridized carbons (Fsp3) is 0.517. The summed E-state index contributed by atoms with van der Waals surface area (Å²) in [4.78, 5) is 0. The van der Waals surface area contributed by atoms with Crippen molar-refractivity contribution in [2.24, 2.45) is 5.41 Å². The molecule has 0 radical (unpaired) electrons. The molecule has 0 N–H and O–H groups in total. The van der Waals surface area contributed by atoms with Gasteiger partial charge in [-0.25, -0.2) is 0 Å². The Bertz CT molecular complexity index is 846. The van der Waals surface area contributed by atoms with E-state index in [1.54, 1.807) is 0 Å². The van der Waals surface area contributed by atoms with Crippen LogP contribution in [-0.4, -0.2) is 26.4 Å². The Hall–Kier alpha value is -2.30. The van der Waals surface area contributed by atoms with Crippen LogP contribution in [0.2, 0.25) is 0 Å². The summed E-state index contributed by atoms with van der Waals surface area (Å²) in [5, 5.41) is 0. The first kappa shape index (κ1) is 26.9. The van der Waals surface area contributed by atoms with Crippen LogP contribution in [-0.2, 0) is 28.1 Å². The van der Waals surface area contributed by atoms with Crippen molar-refractivity contribution >= 4 is 6.08 Å². The normalized spacial score (nSPS) is 12.0. The topological polar surface area (TPSA) is 36.9 Å². The molecule has 2 rings (SSSR count). The fourth-order valence-corrected chi connectivity index (χ4v) is 3.43. The molecule has 2 aromatic rings. The lowest BCUT2D eigenvalue weighted by Crippen LogP contribution is -2.33. The first-order valence-corrected chi connectivity index (χ1v) is 11.9. The van der Waals surface area contributed by atoms with Gasteiger partial charge in [-0.3, -0.25) is 0 Å². The molecule has 4 heteroatoms. The highest BCUT2D eigenvalue weighted by molar-refractivity contribution is 5.55. The quantitative estimate of drug-likeness (QED) is 0.300. The molecule has 0 saturated heterocycles. The van der Waals surface area contributed by atoms with Gasteiger partial charge in [0, 0.05) is 24.3 Å². The van der Waals surface area contributed by atoms with Gasteiger partial charge in [0.05, 0.1) is 13.2 Å². The summed E-state index contributed by atoms with van der Waals surface area (Å²) < 4.78 is 23.5. The van der Waals surface area contributed by atoms with Gasteiger partial charge in [-0.2, -0.15) is 0 Å². The minimum atomic E-state index is 0.0696. The largest absolute Gasteiger partial charge is 0.490 e. The molecule has 0 aliphatic rings. The lowest BCUT2D eigenvalue weighted by molar-refractivity contribution is 0.122. The Morgan fingerprint density at radius 1 is 0.788 bits per heavy atom. The summed E-state index contributed by atoms with van der Waals surface area (Å²) in [6, 6.07) is 12.5. The minimum Gasteiger partial charge on any atom is -0.490 e. The number of rotatable bonds is 13. The van der Waals surface area contributed by atoms with Crippen LogP contribution in [0.1, 0.15) is 70.7 Å². The minimum absolute atomic E-state index is 0.0696. The van der Waals surface area contributed by atoms with Crippen LogP contribution in [0.3, 0.4) is 0 Å². The third kappa shape index (κ3) is 7.35. The molecule has 182 valence electrons. The smallest absolute Gasteiger partial charge is 0.130 e. The molecule has 0 amide bonds. The molecule has 0 atom stereocenters. The van der Waals surface area contributed by atoms with Gasteiger partial charge in [-0.05, 0) is 60.1 Å². The summed E-state index contributed by atoms with van der Waals surface area (Å²) in [7, 11) is 0. The zero-order chi connectivity index (χ0) is 24.5. The second kappa shape index (κ2) is 12.2. The maximum Gasteiger partial charge on any atom is 0.130 e. The molecule has 4 nitrogen and oxygen atoms in total. The van der Waals surface area contributed by atoms with Gasteiger partial charge in [-0.1, -0.05) is 59.4 Å². The van der Waals surface area contributed by atoms with Crippen LogP contribution < -0.4 is 9.47 Å². The Balaban J connectivity index is 2.06. The van der Waals surface area contributed by atoms with Crippen LogP contribution in [0.5, 0.6) is 11.5 Å². The third-order valence-electron chi connectivity index (χ3n) is 6.47. The molecular formula is C29H42O4. The van der Waals surface area contributed by atoms with E-state index in [0.29, 0.717) is 39.6 Å². The van der Waals surface area contributed by atoms with E-state index in [9.17, 15) is 0 Å². The van der Waals surface area contributed by atoms with Gasteiger partial charge in [-0.15, -0.1) is 0 Å². The van der Waals surface area contributed by atoms with Crippen LogP contribution in [0, 0.1) is 5.41 Å². The average Bonchev–Trinajstić information content (AvgIpc) is 2.79. The van der Waals surface area contributed by atoms with E-state index < -0.39 is 0 Å². The molecule has 0 bridgehead atoms. The predicted molar refractivity (Wildman–Crippen MR) is 137 cm³/mol. The van der Waals surface area contributed by atoms with Crippen molar-refractivity contribution in [2.45, 2.75) is 67.1 Å². The third-order valence-corrected chi connectivity index (χ3v) is 6.47. The van der Waals surface area contributed by atoms with Crippen molar-refractivity contribution in [1.82, 2.24) is 0 Å². The van der Waals surface area contributed by atoms with E-state index in [1.807, 2.05) is 32.1 Å². The van der Waals surface area contributed by atoms with Crippen LogP contribution in [0.25, 0.3) is 6.08 Å². The van der Waals surface area contributed by atoms with Gasteiger partial charge in [0.15, 0.2) is 0 Å². The standard InChI is InChI=1S/C29H42O4/c1-9-22-18-23(20-30-10-2)27(24(19-22)21-31-11-3)33-17-16-32-26-14-12-25(13-15-26)29(7,8)28(4,5)6/h9,12-15,18-19H,1,10-11,16-17,20-21H2,2-8H3. The lowest BCUT2D eigenvalue weighted by Gasteiger charge is -2.39. The van der Waals surface area contributed by atoms with E-state index >= 15 is 0 Å². The van der Waals surface area contributed by atoms with Crippen molar-refractivity contribution < 1.29 is 18.9 Å². The molecule has 0 fully saturated rings. The second-order valence-corrected chi connectivity index (χ2v) is 9.74. The second-order valence-electron chi connectivity index (χ2n) is 9.74. The van der Waals surface area contributed by atoms with Crippen molar-refractivity contribution in [3.8, 4) is 11.5 Å². The van der Waals surface area contributed by atoms with E-state index in [4.69, 9.17) is 18.9 Å². The highest BCUT2D eigenvalue weighted by Gasteiger charge is 2.34. The Morgan fingerprint density at radius 2 is 1.30 bits per heavy atom. The summed E-state index contributed by atoms with van der Waals surface area (Å²) >= 11 is 0. The average molecular weight is 455 g/mol. The number of ether oxygens (including phenoxy) is 4. The Morgan fingerprint density at radius 3 is 1.76 bits per heavy atom. The SMILES string of the molecule is C=Cc1cc(COCC)c(OCCOc2ccc(C(C)(C)C(C)(C)C)cc2)c(COCC)c1.